The van der Waals surface area contributed by atoms with Crippen molar-refractivity contribution < 1.29 is 54.8 Å². The summed E-state index contributed by atoms with van der Waals surface area (Å²) in [6.45, 7) is -1.33. The zero-order chi connectivity index (χ0) is 28.1. The second-order valence-corrected chi connectivity index (χ2v) is 9.22. The average molecular weight is 552 g/mol. The summed E-state index contributed by atoms with van der Waals surface area (Å²) in [6.07, 6.45) is -14.9. The lowest BCUT2D eigenvalue weighted by Crippen LogP contribution is -2.65. The predicted molar refractivity (Wildman–Crippen MR) is 136 cm³/mol. The molecule has 2 aliphatic rings. The molecular weight excluding hydrogens is 518 g/mol. The number of carbonyl (C=O) groups is 1. The number of amides is 2. The number of aliphatic hydroxyl groups is 7. The highest BCUT2D eigenvalue weighted by atomic mass is 16.7. The van der Waals surface area contributed by atoms with E-state index in [2.05, 4.69) is 16.0 Å². The van der Waals surface area contributed by atoms with E-state index in [4.69, 9.17) is 14.2 Å². The van der Waals surface area contributed by atoms with Gasteiger partial charge in [0.2, 0.25) is 0 Å². The molecule has 0 aromatic heterocycles. The van der Waals surface area contributed by atoms with Gasteiger partial charge >= 0.3 is 6.03 Å². The van der Waals surface area contributed by atoms with Crippen molar-refractivity contribution in [1.29, 1.82) is 0 Å². The SMILES string of the molecule is O=C(Nc1ccccc1)Nc1ccc(N[C@@H]2OC(CO)[C@@H](OC3OC(CO)[C@H](O)C(O)[C@@H]3O)[C@H](O)C2O)cc1. The third-order valence-corrected chi connectivity index (χ3v) is 6.49. The molecule has 2 fully saturated rings. The van der Waals surface area contributed by atoms with Gasteiger partial charge < -0.3 is 65.9 Å². The van der Waals surface area contributed by atoms with Crippen molar-refractivity contribution in [3.05, 3.63) is 54.6 Å². The van der Waals surface area contributed by atoms with E-state index in [-0.39, 0.29) is 0 Å². The van der Waals surface area contributed by atoms with Crippen LogP contribution >= 0.6 is 0 Å². The lowest BCUT2D eigenvalue weighted by atomic mass is 9.96. The summed E-state index contributed by atoms with van der Waals surface area (Å²) in [4.78, 5) is 12.2. The van der Waals surface area contributed by atoms with Crippen molar-refractivity contribution in [1.82, 2.24) is 0 Å². The summed E-state index contributed by atoms with van der Waals surface area (Å²) in [5, 5.41) is 79.1. The number of benzene rings is 2. The molecule has 0 aliphatic carbocycles. The highest BCUT2D eigenvalue weighted by molar-refractivity contribution is 5.99. The number of hydrogen-bond donors (Lipinski definition) is 10. The molecule has 0 bridgehead atoms. The summed E-state index contributed by atoms with van der Waals surface area (Å²) in [5.74, 6) is 0. The van der Waals surface area contributed by atoms with Crippen LogP contribution in [-0.4, -0.2) is 116 Å². The van der Waals surface area contributed by atoms with E-state index in [1.807, 2.05) is 6.07 Å². The van der Waals surface area contributed by atoms with Crippen molar-refractivity contribution in [2.24, 2.45) is 0 Å². The molecule has 14 heteroatoms. The number of hydrogen-bond acceptors (Lipinski definition) is 12. The molecule has 14 nitrogen and oxygen atoms in total. The first kappa shape index (κ1) is 29.1. The highest BCUT2D eigenvalue weighted by Crippen LogP contribution is 2.30. The molecule has 2 aromatic rings. The fourth-order valence-electron chi connectivity index (χ4n) is 4.34. The van der Waals surface area contributed by atoms with Crippen molar-refractivity contribution in [2.45, 2.75) is 61.3 Å². The first-order valence-corrected chi connectivity index (χ1v) is 12.3. The number of para-hydroxylation sites is 1. The minimum atomic E-state index is -1.75. The lowest BCUT2D eigenvalue weighted by molar-refractivity contribution is -0.340. The van der Waals surface area contributed by atoms with E-state index in [1.54, 1.807) is 48.5 Å². The Balaban J connectivity index is 1.35. The molecule has 10 N–H and O–H groups in total. The van der Waals surface area contributed by atoms with Crippen LogP contribution in [0.2, 0.25) is 0 Å². The first-order chi connectivity index (χ1) is 18.7. The summed E-state index contributed by atoms with van der Waals surface area (Å²) in [5.41, 5.74) is 1.58. The molecule has 2 aromatic carbocycles. The molecule has 0 spiro atoms. The van der Waals surface area contributed by atoms with Crippen LogP contribution in [-0.2, 0) is 14.2 Å². The fraction of sp³-hybridized carbons (Fsp3) is 0.480. The Kier molecular flexibility index (Phi) is 9.68. The van der Waals surface area contributed by atoms with Gasteiger partial charge in [-0.25, -0.2) is 4.79 Å². The number of nitrogens with one attached hydrogen (secondary N) is 3. The molecule has 0 radical (unpaired) electrons. The molecule has 2 amide bonds. The van der Waals surface area contributed by atoms with Crippen LogP contribution in [0.4, 0.5) is 21.9 Å². The molecule has 10 atom stereocenters. The maximum Gasteiger partial charge on any atom is 0.323 e. The molecule has 5 unspecified atom stereocenters. The third kappa shape index (κ3) is 6.82. The van der Waals surface area contributed by atoms with Crippen LogP contribution in [0.3, 0.4) is 0 Å². The molecule has 2 aliphatic heterocycles. The van der Waals surface area contributed by atoms with Crippen molar-refractivity contribution >= 4 is 23.1 Å². The zero-order valence-electron chi connectivity index (χ0n) is 20.6. The van der Waals surface area contributed by atoms with E-state index in [0.717, 1.165) is 0 Å². The van der Waals surface area contributed by atoms with Crippen LogP contribution in [0.5, 0.6) is 0 Å². The summed E-state index contributed by atoms with van der Waals surface area (Å²) >= 11 is 0. The van der Waals surface area contributed by atoms with Gasteiger partial charge in [-0.2, -0.15) is 0 Å². The van der Waals surface area contributed by atoms with Crippen molar-refractivity contribution in [2.75, 3.05) is 29.2 Å². The molecule has 2 saturated heterocycles. The normalized spacial score (nSPS) is 34.7. The largest absolute Gasteiger partial charge is 0.394 e. The Bertz CT molecular complexity index is 1060. The summed E-state index contributed by atoms with van der Waals surface area (Å²) in [7, 11) is 0. The average Bonchev–Trinajstić information content (AvgIpc) is 2.94. The van der Waals surface area contributed by atoms with Crippen molar-refractivity contribution in [3.8, 4) is 0 Å². The number of carbonyl (C=O) groups excluding carboxylic acids is 1. The standard InChI is InChI=1S/C25H33N3O11/c29-10-15-17(31)18(32)21(35)24(38-15)39-22-16(11-30)37-23(20(34)19(22)33)26-13-6-8-14(9-7-13)28-25(36)27-12-4-2-1-3-5-12/h1-9,15-24,26,29-35H,10-11H2,(H2,27,28,36)/t15?,16?,17-,18?,19+,20?,21-,22+,23+,24?/m0/s1. The maximum atomic E-state index is 12.2. The molecule has 2 heterocycles. The van der Waals surface area contributed by atoms with Gasteiger partial charge in [0.15, 0.2) is 12.5 Å². The smallest absolute Gasteiger partial charge is 0.323 e. The van der Waals surface area contributed by atoms with Crippen molar-refractivity contribution in [3.63, 3.8) is 0 Å². The van der Waals surface area contributed by atoms with Crippen LogP contribution in [0.1, 0.15) is 0 Å². The Morgan fingerprint density at radius 1 is 0.692 bits per heavy atom. The monoisotopic (exact) mass is 551 g/mol. The number of rotatable bonds is 8. The Morgan fingerprint density at radius 2 is 1.28 bits per heavy atom. The molecule has 4 rings (SSSR count). The molecule has 39 heavy (non-hydrogen) atoms. The summed E-state index contributed by atoms with van der Waals surface area (Å²) < 4.78 is 16.5. The van der Waals surface area contributed by atoms with Crippen LogP contribution in [0.15, 0.2) is 54.6 Å². The second kappa shape index (κ2) is 13.0. The van der Waals surface area contributed by atoms with Gasteiger partial charge in [-0.05, 0) is 36.4 Å². The van der Waals surface area contributed by atoms with E-state index in [9.17, 15) is 40.5 Å². The quantitative estimate of drug-likeness (QED) is 0.179. The van der Waals surface area contributed by atoms with Gasteiger partial charge in [-0.15, -0.1) is 0 Å². The highest BCUT2D eigenvalue weighted by Gasteiger charge is 2.50. The first-order valence-electron chi connectivity index (χ1n) is 12.3. The maximum absolute atomic E-state index is 12.2. The molecule has 0 saturated carbocycles. The van der Waals surface area contributed by atoms with E-state index in [1.165, 1.54) is 0 Å². The second-order valence-electron chi connectivity index (χ2n) is 9.22. The van der Waals surface area contributed by atoms with Crippen LogP contribution < -0.4 is 16.0 Å². The fourth-order valence-corrected chi connectivity index (χ4v) is 4.34. The van der Waals surface area contributed by atoms with E-state index in [0.29, 0.717) is 17.1 Å². The van der Waals surface area contributed by atoms with Gasteiger partial charge in [0, 0.05) is 17.1 Å². The zero-order valence-corrected chi connectivity index (χ0v) is 20.6. The number of ether oxygens (including phenoxy) is 3. The Labute approximate surface area is 223 Å². The Hall–Kier alpha value is -2.89. The van der Waals surface area contributed by atoms with E-state index >= 15 is 0 Å². The third-order valence-electron chi connectivity index (χ3n) is 6.49. The summed E-state index contributed by atoms with van der Waals surface area (Å²) in [6, 6.07) is 14.9. The van der Waals surface area contributed by atoms with Gasteiger partial charge in [0.05, 0.1) is 13.2 Å². The van der Waals surface area contributed by atoms with Gasteiger partial charge in [0.1, 0.15) is 48.8 Å². The topological polar surface area (TPSA) is 222 Å². The van der Waals surface area contributed by atoms with Crippen LogP contribution in [0.25, 0.3) is 0 Å². The lowest BCUT2D eigenvalue weighted by Gasteiger charge is -2.46. The van der Waals surface area contributed by atoms with E-state index < -0.39 is 80.6 Å². The predicted octanol–water partition coefficient (Wildman–Crippen LogP) is -1.63. The van der Waals surface area contributed by atoms with Gasteiger partial charge in [-0.1, -0.05) is 18.2 Å². The van der Waals surface area contributed by atoms with Gasteiger partial charge in [-0.3, -0.25) is 0 Å². The Morgan fingerprint density at radius 3 is 1.90 bits per heavy atom. The molecule has 214 valence electrons. The van der Waals surface area contributed by atoms with Crippen LogP contribution in [0, 0.1) is 0 Å². The number of anilines is 3. The minimum Gasteiger partial charge on any atom is -0.394 e. The van der Waals surface area contributed by atoms with Gasteiger partial charge in [0.25, 0.3) is 0 Å². The number of urea groups is 1. The minimum absolute atomic E-state index is 0.438. The molecular formula is C25H33N3O11. The number of aliphatic hydroxyl groups excluding tert-OH is 7.